The molecule has 0 spiro atoms. The zero-order valence-corrected chi connectivity index (χ0v) is 9.72. The summed E-state index contributed by atoms with van der Waals surface area (Å²) in [6.07, 6.45) is -10.5. The van der Waals surface area contributed by atoms with Gasteiger partial charge in [0.15, 0.2) is 0 Å². The molecule has 0 bridgehead atoms. The van der Waals surface area contributed by atoms with E-state index in [9.17, 15) is 26.3 Å². The van der Waals surface area contributed by atoms with Crippen molar-refractivity contribution in [1.82, 2.24) is 4.98 Å². The summed E-state index contributed by atoms with van der Waals surface area (Å²) in [6, 6.07) is 7.74. The number of hydrogen-bond donors (Lipinski definition) is 0. The second-order valence-electron chi connectivity index (χ2n) is 3.95. The van der Waals surface area contributed by atoms with E-state index in [2.05, 4.69) is 9.40 Å². The summed E-state index contributed by atoms with van der Waals surface area (Å²) >= 11 is 0. The fourth-order valence-electron chi connectivity index (χ4n) is 1.60. The highest BCUT2D eigenvalue weighted by atomic mass is 19.4. The van der Waals surface area contributed by atoms with Crippen molar-refractivity contribution in [3.63, 3.8) is 0 Å². The van der Waals surface area contributed by atoms with Crippen LogP contribution in [0.15, 0.2) is 34.7 Å². The molecule has 0 aliphatic rings. The molecule has 0 radical (unpaired) electrons. The Labute approximate surface area is 109 Å². The lowest BCUT2D eigenvalue weighted by molar-refractivity contribution is -0.172. The van der Waals surface area contributed by atoms with E-state index in [0.717, 1.165) is 0 Å². The lowest BCUT2D eigenvalue weighted by Gasteiger charge is -2.04. The molecular formula is C12H7F6NO. The second kappa shape index (κ2) is 4.84. The van der Waals surface area contributed by atoms with Gasteiger partial charge in [-0.2, -0.15) is 26.3 Å². The first-order chi connectivity index (χ1) is 9.18. The van der Waals surface area contributed by atoms with Crippen LogP contribution in [0.5, 0.6) is 0 Å². The minimum Gasteiger partial charge on any atom is -0.428 e. The van der Waals surface area contributed by atoms with Crippen LogP contribution in [0.25, 0.3) is 0 Å². The highest BCUT2D eigenvalue weighted by Crippen LogP contribution is 2.38. The number of benzene rings is 1. The minimum atomic E-state index is -5.06. The molecule has 8 heteroatoms. The van der Waals surface area contributed by atoms with Gasteiger partial charge in [0.2, 0.25) is 5.76 Å². The fourth-order valence-corrected chi connectivity index (χ4v) is 1.60. The van der Waals surface area contributed by atoms with Gasteiger partial charge in [-0.15, -0.1) is 0 Å². The molecule has 108 valence electrons. The van der Waals surface area contributed by atoms with Crippen LogP contribution < -0.4 is 0 Å². The van der Waals surface area contributed by atoms with Crippen molar-refractivity contribution >= 4 is 0 Å². The standard InChI is InChI=1S/C12H7F6NO/c13-11(14,15)9-8(6-7-4-2-1-3-5-7)19-10(20-9)12(16,17)18/h1-5H,6H2. The van der Waals surface area contributed by atoms with Crippen molar-refractivity contribution in [2.24, 2.45) is 0 Å². The highest BCUT2D eigenvalue weighted by molar-refractivity contribution is 5.25. The molecule has 1 aromatic carbocycles. The third-order valence-electron chi connectivity index (χ3n) is 2.41. The summed E-state index contributed by atoms with van der Waals surface area (Å²) in [6.45, 7) is 0. The lowest BCUT2D eigenvalue weighted by Crippen LogP contribution is -2.07. The summed E-state index contributed by atoms with van der Waals surface area (Å²) in [4.78, 5) is 2.93. The van der Waals surface area contributed by atoms with E-state index >= 15 is 0 Å². The van der Waals surface area contributed by atoms with Crippen LogP contribution in [0, 0.1) is 0 Å². The third kappa shape index (κ3) is 3.12. The van der Waals surface area contributed by atoms with Gasteiger partial charge in [0, 0.05) is 6.42 Å². The molecule has 0 saturated carbocycles. The molecule has 2 aromatic rings. The topological polar surface area (TPSA) is 26.0 Å². The van der Waals surface area contributed by atoms with Crippen molar-refractivity contribution in [3.8, 4) is 0 Å². The van der Waals surface area contributed by atoms with Crippen molar-refractivity contribution in [3.05, 3.63) is 53.2 Å². The molecule has 20 heavy (non-hydrogen) atoms. The zero-order valence-electron chi connectivity index (χ0n) is 9.72. The van der Waals surface area contributed by atoms with E-state index in [-0.39, 0.29) is 0 Å². The molecule has 0 saturated heterocycles. The van der Waals surface area contributed by atoms with Crippen molar-refractivity contribution < 1.29 is 30.8 Å². The molecule has 0 amide bonds. The van der Waals surface area contributed by atoms with Gasteiger partial charge < -0.3 is 4.42 Å². The Morgan fingerprint density at radius 1 is 0.900 bits per heavy atom. The molecule has 0 aliphatic heterocycles. The van der Waals surface area contributed by atoms with Crippen LogP contribution >= 0.6 is 0 Å². The first-order valence-corrected chi connectivity index (χ1v) is 5.36. The maximum absolute atomic E-state index is 12.7. The van der Waals surface area contributed by atoms with E-state index in [4.69, 9.17) is 0 Å². The quantitative estimate of drug-likeness (QED) is 0.772. The van der Waals surface area contributed by atoms with Crippen LogP contribution in [0.2, 0.25) is 0 Å². The molecule has 1 aromatic heterocycles. The average Bonchev–Trinajstić information content (AvgIpc) is 2.74. The van der Waals surface area contributed by atoms with Gasteiger partial charge in [0.1, 0.15) is 0 Å². The van der Waals surface area contributed by atoms with Gasteiger partial charge in [-0.3, -0.25) is 0 Å². The van der Waals surface area contributed by atoms with Crippen LogP contribution in [0.4, 0.5) is 26.3 Å². The largest absolute Gasteiger partial charge is 0.468 e. The predicted octanol–water partition coefficient (Wildman–Crippen LogP) is 4.30. The van der Waals surface area contributed by atoms with E-state index in [1.165, 1.54) is 12.1 Å². The zero-order chi connectivity index (χ0) is 15.0. The van der Waals surface area contributed by atoms with Crippen LogP contribution in [0.3, 0.4) is 0 Å². The Morgan fingerprint density at radius 3 is 2.00 bits per heavy atom. The van der Waals surface area contributed by atoms with Gasteiger partial charge in [-0.1, -0.05) is 30.3 Å². The van der Waals surface area contributed by atoms with Crippen LogP contribution in [-0.2, 0) is 18.8 Å². The summed E-state index contributed by atoms with van der Waals surface area (Å²) in [5.74, 6) is -3.61. The fraction of sp³-hybridized carbons (Fsp3) is 0.250. The van der Waals surface area contributed by atoms with E-state index < -0.39 is 36.1 Å². The number of oxazole rings is 1. The Kier molecular flexibility index (Phi) is 3.49. The first-order valence-electron chi connectivity index (χ1n) is 5.36. The summed E-state index contributed by atoms with van der Waals surface area (Å²) in [7, 11) is 0. The Morgan fingerprint density at radius 2 is 1.50 bits per heavy atom. The number of alkyl halides is 6. The Balaban J connectivity index is 2.43. The van der Waals surface area contributed by atoms with Crippen molar-refractivity contribution in [2.75, 3.05) is 0 Å². The molecule has 2 nitrogen and oxygen atoms in total. The van der Waals surface area contributed by atoms with E-state index in [0.29, 0.717) is 5.56 Å². The molecule has 0 fully saturated rings. The number of halogens is 6. The van der Waals surface area contributed by atoms with Gasteiger partial charge in [-0.25, -0.2) is 4.98 Å². The van der Waals surface area contributed by atoms with E-state index in [1.54, 1.807) is 18.2 Å². The maximum Gasteiger partial charge on any atom is 0.468 e. The molecule has 0 unspecified atom stereocenters. The molecular weight excluding hydrogens is 288 g/mol. The second-order valence-corrected chi connectivity index (χ2v) is 3.95. The number of aromatic nitrogens is 1. The third-order valence-corrected chi connectivity index (χ3v) is 2.41. The molecule has 0 N–H and O–H groups in total. The van der Waals surface area contributed by atoms with Crippen LogP contribution in [0.1, 0.15) is 22.9 Å². The number of hydrogen-bond acceptors (Lipinski definition) is 2. The molecule has 2 rings (SSSR count). The van der Waals surface area contributed by atoms with E-state index in [1.807, 2.05) is 0 Å². The summed E-state index contributed by atoms with van der Waals surface area (Å²) in [5.41, 5.74) is -0.379. The van der Waals surface area contributed by atoms with Gasteiger partial charge in [0.05, 0.1) is 5.69 Å². The molecule has 0 atom stereocenters. The lowest BCUT2D eigenvalue weighted by atomic mass is 10.1. The van der Waals surface area contributed by atoms with Gasteiger partial charge >= 0.3 is 18.2 Å². The highest BCUT2D eigenvalue weighted by Gasteiger charge is 2.45. The smallest absolute Gasteiger partial charge is 0.428 e. The number of rotatable bonds is 2. The van der Waals surface area contributed by atoms with Crippen molar-refractivity contribution in [2.45, 2.75) is 18.8 Å². The monoisotopic (exact) mass is 295 g/mol. The Hall–Kier alpha value is -1.99. The normalized spacial score (nSPS) is 12.7. The molecule has 1 heterocycles. The number of nitrogens with zero attached hydrogens (tertiary/aromatic N) is 1. The maximum atomic E-state index is 12.7. The average molecular weight is 295 g/mol. The summed E-state index contributed by atoms with van der Waals surface area (Å²) in [5, 5.41) is 0. The minimum absolute atomic E-state index is 0.394. The van der Waals surface area contributed by atoms with Gasteiger partial charge in [0.25, 0.3) is 0 Å². The van der Waals surface area contributed by atoms with Gasteiger partial charge in [-0.05, 0) is 5.56 Å². The molecule has 0 aliphatic carbocycles. The predicted molar refractivity (Wildman–Crippen MR) is 55.8 cm³/mol. The SMILES string of the molecule is FC(F)(F)c1nc(Cc2ccccc2)c(C(F)(F)F)o1. The van der Waals surface area contributed by atoms with Crippen molar-refractivity contribution in [1.29, 1.82) is 0 Å². The summed E-state index contributed by atoms with van der Waals surface area (Å²) < 4.78 is 79.0. The first kappa shape index (κ1) is 14.4. The Bertz CT molecular complexity index is 584. The van der Waals surface area contributed by atoms with Crippen LogP contribution in [-0.4, -0.2) is 4.98 Å².